The molecule has 0 saturated heterocycles. The Bertz CT molecular complexity index is 316. The van der Waals surface area contributed by atoms with E-state index in [0.29, 0.717) is 0 Å². The molecule has 6 heteroatoms. The van der Waals surface area contributed by atoms with Crippen LogP contribution in [0.1, 0.15) is 11.3 Å². The highest BCUT2D eigenvalue weighted by Crippen LogP contribution is 2.34. The summed E-state index contributed by atoms with van der Waals surface area (Å²) in [5.74, 6) is 0.132. The Balaban J connectivity index is 3.26. The Morgan fingerprint density at radius 2 is 1.92 bits per heavy atom. The van der Waals surface area contributed by atoms with Gasteiger partial charge >= 0.3 is 6.18 Å². The first-order valence-electron chi connectivity index (χ1n) is 3.52. The number of halogens is 3. The number of aromatic nitrogens is 2. The van der Waals surface area contributed by atoms with Crippen molar-refractivity contribution in [3.63, 3.8) is 0 Å². The molecule has 0 aliphatic heterocycles. The van der Waals surface area contributed by atoms with Crippen LogP contribution in [0.25, 0.3) is 0 Å². The van der Waals surface area contributed by atoms with Crippen LogP contribution in [0.3, 0.4) is 0 Å². The zero-order valence-corrected chi connectivity index (χ0v) is 7.44. The molecule has 0 aliphatic rings. The van der Waals surface area contributed by atoms with Gasteiger partial charge in [0.25, 0.3) is 0 Å². The second-order valence-corrected chi connectivity index (χ2v) is 2.60. The maximum Gasteiger partial charge on any atom is 0.435 e. The van der Waals surface area contributed by atoms with Gasteiger partial charge in [-0.3, -0.25) is 0 Å². The van der Waals surface area contributed by atoms with E-state index < -0.39 is 11.9 Å². The van der Waals surface area contributed by atoms with Gasteiger partial charge in [0.2, 0.25) is 5.88 Å². The third-order valence-electron chi connectivity index (χ3n) is 1.68. The van der Waals surface area contributed by atoms with Crippen LogP contribution in [0.15, 0.2) is 0 Å². The standard InChI is InChI=1S/C7H9F3N2O/c1-4-5(7(8,9)10)11-12(2)6(4)13-3/h1-3H3. The number of hydrogen-bond donors (Lipinski definition) is 0. The van der Waals surface area contributed by atoms with Crippen molar-refractivity contribution in [2.75, 3.05) is 7.11 Å². The lowest BCUT2D eigenvalue weighted by atomic mass is 10.2. The lowest BCUT2D eigenvalue weighted by Crippen LogP contribution is -2.08. The summed E-state index contributed by atoms with van der Waals surface area (Å²) in [5.41, 5.74) is -0.885. The molecule has 0 spiro atoms. The summed E-state index contributed by atoms with van der Waals surface area (Å²) in [6.07, 6.45) is -4.42. The van der Waals surface area contributed by atoms with E-state index in [4.69, 9.17) is 4.74 Å². The van der Waals surface area contributed by atoms with Gasteiger partial charge in [-0.05, 0) is 6.92 Å². The average molecular weight is 194 g/mol. The van der Waals surface area contributed by atoms with E-state index in [1.54, 1.807) is 0 Å². The van der Waals surface area contributed by atoms with Crippen LogP contribution in [0.5, 0.6) is 5.88 Å². The molecule has 1 heterocycles. The minimum absolute atomic E-state index is 0.0116. The molecule has 0 aromatic carbocycles. The van der Waals surface area contributed by atoms with Crippen molar-refractivity contribution in [1.29, 1.82) is 0 Å². The summed E-state index contributed by atoms with van der Waals surface area (Å²) in [6, 6.07) is 0. The van der Waals surface area contributed by atoms with Crippen LogP contribution < -0.4 is 4.74 Å². The van der Waals surface area contributed by atoms with Gasteiger partial charge in [0.15, 0.2) is 5.69 Å². The van der Waals surface area contributed by atoms with E-state index in [-0.39, 0.29) is 11.4 Å². The smallest absolute Gasteiger partial charge is 0.435 e. The minimum Gasteiger partial charge on any atom is -0.481 e. The van der Waals surface area contributed by atoms with Gasteiger partial charge < -0.3 is 4.74 Å². The van der Waals surface area contributed by atoms with Gasteiger partial charge in [-0.25, -0.2) is 4.68 Å². The fourth-order valence-electron chi connectivity index (χ4n) is 1.17. The van der Waals surface area contributed by atoms with E-state index in [2.05, 4.69) is 5.10 Å². The normalized spacial score (nSPS) is 11.8. The Morgan fingerprint density at radius 1 is 1.38 bits per heavy atom. The van der Waals surface area contributed by atoms with Gasteiger partial charge in [0.1, 0.15) is 0 Å². The second kappa shape index (κ2) is 2.93. The molecule has 3 nitrogen and oxygen atoms in total. The number of aryl methyl sites for hydroxylation is 1. The second-order valence-electron chi connectivity index (χ2n) is 2.60. The monoisotopic (exact) mass is 194 g/mol. The lowest BCUT2D eigenvalue weighted by molar-refractivity contribution is -0.141. The zero-order chi connectivity index (χ0) is 10.2. The lowest BCUT2D eigenvalue weighted by Gasteiger charge is -2.02. The van der Waals surface area contributed by atoms with Gasteiger partial charge in [0, 0.05) is 12.6 Å². The molecule has 0 N–H and O–H groups in total. The number of nitrogens with zero attached hydrogens (tertiary/aromatic N) is 2. The molecule has 1 aromatic rings. The molecule has 0 fully saturated rings. The molecule has 13 heavy (non-hydrogen) atoms. The van der Waals surface area contributed by atoms with Crippen molar-refractivity contribution in [3.05, 3.63) is 11.3 Å². The number of ether oxygens (including phenoxy) is 1. The third kappa shape index (κ3) is 1.61. The van der Waals surface area contributed by atoms with Crippen LogP contribution in [0, 0.1) is 6.92 Å². The molecule has 0 amide bonds. The van der Waals surface area contributed by atoms with Crippen molar-refractivity contribution in [2.24, 2.45) is 7.05 Å². The quantitative estimate of drug-likeness (QED) is 0.681. The predicted octanol–water partition coefficient (Wildman–Crippen LogP) is 1.76. The molecule has 1 rings (SSSR count). The summed E-state index contributed by atoms with van der Waals surface area (Å²) in [4.78, 5) is 0. The van der Waals surface area contributed by atoms with Crippen LogP contribution in [0.2, 0.25) is 0 Å². The van der Waals surface area contributed by atoms with E-state index in [9.17, 15) is 13.2 Å². The van der Waals surface area contributed by atoms with Gasteiger partial charge in [-0.1, -0.05) is 0 Å². The maximum absolute atomic E-state index is 12.2. The number of methoxy groups -OCH3 is 1. The van der Waals surface area contributed by atoms with Crippen molar-refractivity contribution in [2.45, 2.75) is 13.1 Å². The predicted molar refractivity (Wildman–Crippen MR) is 39.5 cm³/mol. The molecular weight excluding hydrogens is 185 g/mol. The molecule has 1 aromatic heterocycles. The average Bonchev–Trinajstić information content (AvgIpc) is 2.25. The Labute approximate surface area is 73.1 Å². The molecule has 0 radical (unpaired) electrons. The molecule has 74 valence electrons. The van der Waals surface area contributed by atoms with E-state index in [0.717, 1.165) is 4.68 Å². The summed E-state index contributed by atoms with van der Waals surface area (Å²) in [6.45, 7) is 1.33. The highest BCUT2D eigenvalue weighted by atomic mass is 19.4. The summed E-state index contributed by atoms with van der Waals surface area (Å²) in [7, 11) is 2.71. The first-order valence-corrected chi connectivity index (χ1v) is 3.52. The summed E-state index contributed by atoms with van der Waals surface area (Å²) < 4.78 is 42.6. The van der Waals surface area contributed by atoms with Crippen molar-refractivity contribution >= 4 is 0 Å². The first kappa shape index (κ1) is 9.88. The van der Waals surface area contributed by atoms with Crippen LogP contribution in [0.4, 0.5) is 13.2 Å². The SMILES string of the molecule is COc1c(C)c(C(F)(F)F)nn1C. The zero-order valence-electron chi connectivity index (χ0n) is 7.44. The maximum atomic E-state index is 12.2. The minimum atomic E-state index is -4.42. The molecule has 0 atom stereocenters. The Hall–Kier alpha value is -1.20. The molecule has 0 saturated carbocycles. The summed E-state index contributed by atoms with van der Waals surface area (Å²) >= 11 is 0. The Kier molecular flexibility index (Phi) is 2.23. The number of rotatable bonds is 1. The third-order valence-corrected chi connectivity index (χ3v) is 1.68. The van der Waals surface area contributed by atoms with Crippen LogP contribution in [-0.4, -0.2) is 16.9 Å². The topological polar surface area (TPSA) is 27.1 Å². The van der Waals surface area contributed by atoms with Crippen molar-refractivity contribution in [3.8, 4) is 5.88 Å². The first-order chi connectivity index (χ1) is 5.88. The Morgan fingerprint density at radius 3 is 2.15 bits per heavy atom. The van der Waals surface area contributed by atoms with Gasteiger partial charge in [-0.2, -0.15) is 18.3 Å². The highest BCUT2D eigenvalue weighted by molar-refractivity contribution is 5.31. The molecule has 0 bridgehead atoms. The molecule has 0 unspecified atom stereocenters. The number of alkyl halides is 3. The van der Waals surface area contributed by atoms with E-state index in [1.165, 1.54) is 21.1 Å². The van der Waals surface area contributed by atoms with E-state index >= 15 is 0 Å². The van der Waals surface area contributed by atoms with Crippen LogP contribution >= 0.6 is 0 Å². The number of hydrogen-bond acceptors (Lipinski definition) is 2. The molecule has 0 aliphatic carbocycles. The van der Waals surface area contributed by atoms with Gasteiger partial charge in [-0.15, -0.1) is 0 Å². The summed E-state index contributed by atoms with van der Waals surface area (Å²) in [5, 5.41) is 3.32. The van der Waals surface area contributed by atoms with Crippen molar-refractivity contribution in [1.82, 2.24) is 9.78 Å². The van der Waals surface area contributed by atoms with Crippen LogP contribution in [-0.2, 0) is 13.2 Å². The highest BCUT2D eigenvalue weighted by Gasteiger charge is 2.37. The van der Waals surface area contributed by atoms with Gasteiger partial charge in [0.05, 0.1) is 7.11 Å². The fraction of sp³-hybridized carbons (Fsp3) is 0.571. The fourth-order valence-corrected chi connectivity index (χ4v) is 1.17. The molecular formula is C7H9F3N2O. The van der Waals surface area contributed by atoms with E-state index in [1.807, 2.05) is 0 Å². The largest absolute Gasteiger partial charge is 0.481 e. The van der Waals surface area contributed by atoms with Crippen molar-refractivity contribution < 1.29 is 17.9 Å².